The van der Waals surface area contributed by atoms with Gasteiger partial charge in [-0.1, -0.05) is 0 Å². The van der Waals surface area contributed by atoms with Gasteiger partial charge in [-0.15, -0.1) is 0 Å². The standard InChI is InChI=1S/C11H19N3O6/c1-5-12-11(13-14(5)2-3-15)10-9(19)8(18)7(17)6(4-16)20-10/h6-10,15-19H,2-4H2,1H3/t6-,7-,8+,9-,10-/m1/s1. The molecule has 5 N–H and O–H groups in total. The quantitative estimate of drug-likeness (QED) is 0.397. The second kappa shape index (κ2) is 6.12. The van der Waals surface area contributed by atoms with Gasteiger partial charge in [-0.25, -0.2) is 9.67 Å². The minimum absolute atomic E-state index is 0.113. The third-order valence-electron chi connectivity index (χ3n) is 3.33. The van der Waals surface area contributed by atoms with Crippen LogP contribution in [0.15, 0.2) is 0 Å². The molecule has 0 amide bonds. The first kappa shape index (κ1) is 15.3. The molecule has 9 heteroatoms. The van der Waals surface area contributed by atoms with Gasteiger partial charge >= 0.3 is 0 Å². The Morgan fingerprint density at radius 2 is 1.85 bits per heavy atom. The first-order valence-electron chi connectivity index (χ1n) is 6.32. The van der Waals surface area contributed by atoms with Gasteiger partial charge in [0.15, 0.2) is 5.82 Å². The fraction of sp³-hybridized carbons (Fsp3) is 0.818. The highest BCUT2D eigenvalue weighted by Crippen LogP contribution is 2.30. The van der Waals surface area contributed by atoms with Gasteiger partial charge in [0.05, 0.1) is 19.8 Å². The fourth-order valence-electron chi connectivity index (χ4n) is 2.18. The van der Waals surface area contributed by atoms with Crippen LogP contribution in [0.2, 0.25) is 0 Å². The largest absolute Gasteiger partial charge is 0.394 e. The normalized spacial score (nSPS) is 34.4. The Hall–Kier alpha value is -1.10. The van der Waals surface area contributed by atoms with Crippen molar-refractivity contribution in [2.75, 3.05) is 13.2 Å². The van der Waals surface area contributed by atoms with Gasteiger partial charge in [-0.05, 0) is 6.92 Å². The monoisotopic (exact) mass is 289 g/mol. The molecular weight excluding hydrogens is 270 g/mol. The molecule has 2 heterocycles. The third kappa shape index (κ3) is 2.68. The lowest BCUT2D eigenvalue weighted by atomic mass is 9.95. The highest BCUT2D eigenvalue weighted by atomic mass is 16.5. The maximum Gasteiger partial charge on any atom is 0.182 e. The molecule has 0 radical (unpaired) electrons. The number of aromatic nitrogens is 3. The number of aryl methyl sites for hydroxylation is 1. The number of ether oxygens (including phenoxy) is 1. The van der Waals surface area contributed by atoms with Gasteiger partial charge in [-0.3, -0.25) is 0 Å². The number of aliphatic hydroxyl groups excluding tert-OH is 5. The van der Waals surface area contributed by atoms with Crippen molar-refractivity contribution in [3.63, 3.8) is 0 Å². The van der Waals surface area contributed by atoms with Gasteiger partial charge in [0.25, 0.3) is 0 Å². The summed E-state index contributed by atoms with van der Waals surface area (Å²) in [6.45, 7) is 1.31. The molecule has 1 fully saturated rings. The predicted octanol–water partition coefficient (Wildman–Crippen LogP) is -2.91. The van der Waals surface area contributed by atoms with Crippen molar-refractivity contribution in [2.45, 2.75) is 44.0 Å². The maximum atomic E-state index is 9.95. The number of hydrogen-bond donors (Lipinski definition) is 5. The van der Waals surface area contributed by atoms with Gasteiger partial charge in [0, 0.05) is 0 Å². The predicted molar refractivity (Wildman–Crippen MR) is 64.6 cm³/mol. The molecule has 0 unspecified atom stereocenters. The van der Waals surface area contributed by atoms with Crippen LogP contribution in [-0.4, -0.2) is 77.9 Å². The zero-order chi connectivity index (χ0) is 14.9. The molecule has 20 heavy (non-hydrogen) atoms. The van der Waals surface area contributed by atoms with E-state index in [0.29, 0.717) is 5.82 Å². The van der Waals surface area contributed by atoms with E-state index in [-0.39, 0.29) is 19.0 Å². The van der Waals surface area contributed by atoms with Crippen molar-refractivity contribution < 1.29 is 30.3 Å². The summed E-state index contributed by atoms with van der Waals surface area (Å²) >= 11 is 0. The highest BCUT2D eigenvalue weighted by molar-refractivity contribution is 5.03. The van der Waals surface area contributed by atoms with E-state index in [1.54, 1.807) is 6.92 Å². The van der Waals surface area contributed by atoms with Crippen LogP contribution in [0.5, 0.6) is 0 Å². The minimum atomic E-state index is -1.46. The van der Waals surface area contributed by atoms with Crippen LogP contribution in [-0.2, 0) is 11.3 Å². The van der Waals surface area contributed by atoms with E-state index < -0.39 is 37.1 Å². The van der Waals surface area contributed by atoms with Crippen LogP contribution in [0.1, 0.15) is 17.8 Å². The summed E-state index contributed by atoms with van der Waals surface area (Å²) in [5.41, 5.74) is 0. The van der Waals surface area contributed by atoms with E-state index in [1.165, 1.54) is 4.68 Å². The van der Waals surface area contributed by atoms with Crippen LogP contribution >= 0.6 is 0 Å². The zero-order valence-electron chi connectivity index (χ0n) is 11.0. The summed E-state index contributed by atoms with van der Waals surface area (Å²) in [4.78, 5) is 4.11. The topological polar surface area (TPSA) is 141 Å². The van der Waals surface area contributed by atoms with Crippen molar-refractivity contribution >= 4 is 0 Å². The van der Waals surface area contributed by atoms with Gasteiger partial charge in [0.1, 0.15) is 36.3 Å². The van der Waals surface area contributed by atoms with Crippen LogP contribution in [0.3, 0.4) is 0 Å². The molecule has 1 aliphatic heterocycles. The Morgan fingerprint density at radius 3 is 2.45 bits per heavy atom. The van der Waals surface area contributed by atoms with Crippen molar-refractivity contribution in [2.24, 2.45) is 0 Å². The summed E-state index contributed by atoms with van der Waals surface area (Å²) in [6, 6.07) is 0. The number of aliphatic hydroxyl groups is 5. The van der Waals surface area contributed by atoms with Crippen LogP contribution in [0.4, 0.5) is 0 Å². The average Bonchev–Trinajstić information content (AvgIpc) is 2.78. The summed E-state index contributed by atoms with van der Waals surface area (Å²) in [5.74, 6) is 0.652. The molecule has 1 saturated heterocycles. The van der Waals surface area contributed by atoms with Crippen molar-refractivity contribution in [1.82, 2.24) is 14.8 Å². The number of nitrogens with zero attached hydrogens (tertiary/aromatic N) is 3. The van der Waals surface area contributed by atoms with Crippen LogP contribution in [0.25, 0.3) is 0 Å². The van der Waals surface area contributed by atoms with Crippen molar-refractivity contribution in [1.29, 1.82) is 0 Å². The fourth-order valence-corrected chi connectivity index (χ4v) is 2.18. The Balaban J connectivity index is 2.24. The van der Waals surface area contributed by atoms with E-state index in [1.807, 2.05) is 0 Å². The molecule has 1 aliphatic rings. The van der Waals surface area contributed by atoms with Crippen molar-refractivity contribution in [3.8, 4) is 0 Å². The SMILES string of the molecule is Cc1nc([C@@H]2O[C@H](CO)[C@@H](O)[C@H](O)[C@H]2O)nn1CCO. The number of hydrogen-bond acceptors (Lipinski definition) is 8. The second-order valence-corrected chi connectivity index (χ2v) is 4.71. The molecule has 0 aromatic carbocycles. The molecule has 0 bridgehead atoms. The average molecular weight is 289 g/mol. The maximum absolute atomic E-state index is 9.95. The Labute approximate surface area is 115 Å². The summed E-state index contributed by atoms with van der Waals surface area (Å²) in [6.07, 6.45) is -6.33. The molecule has 0 saturated carbocycles. The molecule has 0 spiro atoms. The lowest BCUT2D eigenvalue weighted by Gasteiger charge is -2.38. The van der Waals surface area contributed by atoms with E-state index in [9.17, 15) is 15.3 Å². The van der Waals surface area contributed by atoms with Crippen molar-refractivity contribution in [3.05, 3.63) is 11.6 Å². The van der Waals surface area contributed by atoms with E-state index in [2.05, 4.69) is 10.1 Å². The lowest BCUT2D eigenvalue weighted by molar-refractivity contribution is -0.233. The van der Waals surface area contributed by atoms with E-state index >= 15 is 0 Å². The first-order valence-corrected chi connectivity index (χ1v) is 6.32. The third-order valence-corrected chi connectivity index (χ3v) is 3.33. The molecule has 0 aliphatic carbocycles. The zero-order valence-corrected chi connectivity index (χ0v) is 11.0. The molecule has 2 rings (SSSR count). The second-order valence-electron chi connectivity index (χ2n) is 4.71. The lowest BCUT2D eigenvalue weighted by Crippen LogP contribution is -2.55. The molecule has 9 nitrogen and oxygen atoms in total. The Kier molecular flexibility index (Phi) is 4.68. The van der Waals surface area contributed by atoms with E-state index in [0.717, 1.165) is 0 Å². The molecule has 1 aromatic rings. The summed E-state index contributed by atoms with van der Waals surface area (Å²) < 4.78 is 6.79. The number of rotatable bonds is 4. The Bertz CT molecular complexity index is 451. The minimum Gasteiger partial charge on any atom is -0.394 e. The summed E-state index contributed by atoms with van der Waals surface area (Å²) in [5, 5.41) is 51.5. The molecule has 1 aromatic heterocycles. The first-order chi connectivity index (χ1) is 9.49. The van der Waals surface area contributed by atoms with Crippen LogP contribution in [0, 0.1) is 6.92 Å². The smallest absolute Gasteiger partial charge is 0.182 e. The molecule has 5 atom stereocenters. The highest BCUT2D eigenvalue weighted by Gasteiger charge is 2.45. The van der Waals surface area contributed by atoms with Crippen LogP contribution < -0.4 is 0 Å². The Morgan fingerprint density at radius 1 is 1.15 bits per heavy atom. The molecule has 114 valence electrons. The van der Waals surface area contributed by atoms with E-state index in [4.69, 9.17) is 14.9 Å². The summed E-state index contributed by atoms with van der Waals surface area (Å²) in [7, 11) is 0. The van der Waals surface area contributed by atoms with Gasteiger partial charge in [-0.2, -0.15) is 5.10 Å². The van der Waals surface area contributed by atoms with Gasteiger partial charge in [0.2, 0.25) is 0 Å². The van der Waals surface area contributed by atoms with Gasteiger partial charge < -0.3 is 30.3 Å². The molecular formula is C11H19N3O6.